The Hall–Kier alpha value is -3.85. The van der Waals surface area contributed by atoms with Gasteiger partial charge in [0.25, 0.3) is 0 Å². The van der Waals surface area contributed by atoms with Gasteiger partial charge in [0, 0.05) is 17.1 Å². The van der Waals surface area contributed by atoms with Gasteiger partial charge in [-0.05, 0) is 47.7 Å². The molecule has 3 unspecified atom stereocenters. The number of benzene rings is 2. The number of anilines is 1. The third-order valence-electron chi connectivity index (χ3n) is 6.02. The van der Waals surface area contributed by atoms with Crippen LogP contribution >= 0.6 is 11.3 Å². The number of thiophene rings is 1. The van der Waals surface area contributed by atoms with Crippen molar-refractivity contribution in [2.75, 3.05) is 19.5 Å². The summed E-state index contributed by atoms with van der Waals surface area (Å²) in [7, 11) is 2.91. The number of nitrogens with zero attached hydrogens (tertiary/aromatic N) is 1. The van der Waals surface area contributed by atoms with Crippen LogP contribution in [0.15, 0.2) is 72.1 Å². The lowest BCUT2D eigenvalue weighted by Gasteiger charge is -2.30. The Morgan fingerprint density at radius 2 is 1.74 bits per heavy atom. The van der Waals surface area contributed by atoms with E-state index in [-0.39, 0.29) is 18.9 Å². The van der Waals surface area contributed by atoms with Gasteiger partial charge >= 0.3 is 12.0 Å². The van der Waals surface area contributed by atoms with E-state index in [4.69, 9.17) is 9.47 Å². The minimum Gasteiger partial charge on any atom is -0.497 e. The first-order chi connectivity index (χ1) is 17.0. The van der Waals surface area contributed by atoms with Crippen molar-refractivity contribution >= 4 is 34.9 Å². The van der Waals surface area contributed by atoms with Gasteiger partial charge in [-0.25, -0.2) is 4.79 Å². The Bertz CT molecular complexity index is 1150. The number of urea groups is 1. The Morgan fingerprint density at radius 3 is 2.37 bits per heavy atom. The fourth-order valence-electron chi connectivity index (χ4n) is 4.30. The molecule has 0 spiro atoms. The number of hydrogen-bond donors (Lipinski definition) is 2. The van der Waals surface area contributed by atoms with E-state index < -0.39 is 30.0 Å². The molecular weight excluding hydrogens is 466 g/mol. The fourth-order valence-corrected chi connectivity index (χ4v) is 5.19. The van der Waals surface area contributed by atoms with Crippen LogP contribution in [0, 0.1) is 5.92 Å². The molecule has 3 amide bonds. The minimum atomic E-state index is -0.854. The molecule has 1 aliphatic rings. The number of ether oxygens (including phenoxy) is 2. The van der Waals surface area contributed by atoms with E-state index in [1.54, 1.807) is 19.2 Å². The third-order valence-corrected chi connectivity index (χ3v) is 6.96. The largest absolute Gasteiger partial charge is 0.497 e. The minimum absolute atomic E-state index is 0.159. The number of para-hydroxylation sites is 1. The van der Waals surface area contributed by atoms with Crippen LogP contribution in [-0.4, -0.2) is 43.1 Å². The summed E-state index contributed by atoms with van der Waals surface area (Å²) in [5.74, 6) is -0.736. The lowest BCUT2D eigenvalue weighted by atomic mass is 9.97. The molecule has 9 heteroatoms. The molecule has 1 aromatic heterocycles. The lowest BCUT2D eigenvalue weighted by Crippen LogP contribution is -2.48. The van der Waals surface area contributed by atoms with Gasteiger partial charge < -0.3 is 25.0 Å². The fraction of sp³-hybridized carbons (Fsp3) is 0.269. The first-order valence-electron chi connectivity index (χ1n) is 11.2. The highest BCUT2D eigenvalue weighted by atomic mass is 32.1. The quantitative estimate of drug-likeness (QED) is 0.481. The average molecular weight is 494 g/mol. The molecule has 2 N–H and O–H groups in total. The van der Waals surface area contributed by atoms with Crippen molar-refractivity contribution in [3.8, 4) is 5.75 Å². The number of nitrogens with one attached hydrogen (secondary N) is 2. The highest BCUT2D eigenvalue weighted by Gasteiger charge is 2.51. The Labute approximate surface area is 207 Å². The van der Waals surface area contributed by atoms with Gasteiger partial charge in [0.2, 0.25) is 5.91 Å². The number of carbonyl (C=O) groups is 3. The van der Waals surface area contributed by atoms with Crippen molar-refractivity contribution in [3.63, 3.8) is 0 Å². The second-order valence-electron chi connectivity index (χ2n) is 8.11. The predicted octanol–water partition coefficient (Wildman–Crippen LogP) is 4.21. The second kappa shape index (κ2) is 11.1. The molecule has 3 atom stereocenters. The molecule has 0 aliphatic carbocycles. The maximum atomic E-state index is 13.5. The van der Waals surface area contributed by atoms with Gasteiger partial charge in [-0.15, -0.1) is 11.3 Å². The first-order valence-corrected chi connectivity index (χ1v) is 12.1. The number of esters is 1. The van der Waals surface area contributed by atoms with Crippen LogP contribution < -0.4 is 15.4 Å². The summed E-state index contributed by atoms with van der Waals surface area (Å²) in [6.45, 7) is 0.278. The van der Waals surface area contributed by atoms with E-state index in [0.717, 1.165) is 16.2 Å². The van der Waals surface area contributed by atoms with Crippen molar-refractivity contribution < 1.29 is 23.9 Å². The molecule has 1 saturated heterocycles. The zero-order chi connectivity index (χ0) is 24.8. The van der Waals surface area contributed by atoms with Crippen molar-refractivity contribution in [1.82, 2.24) is 10.2 Å². The summed E-state index contributed by atoms with van der Waals surface area (Å²) in [6.07, 6.45) is 0.159. The number of carbonyl (C=O) groups excluding carboxylic acids is 3. The Kier molecular flexibility index (Phi) is 7.67. The molecule has 3 aromatic rings. The van der Waals surface area contributed by atoms with Gasteiger partial charge in [0.05, 0.1) is 26.2 Å². The van der Waals surface area contributed by atoms with Gasteiger partial charge in [0.15, 0.2) is 0 Å². The van der Waals surface area contributed by atoms with Crippen molar-refractivity contribution in [2.45, 2.75) is 25.0 Å². The summed E-state index contributed by atoms with van der Waals surface area (Å²) >= 11 is 1.43. The predicted molar refractivity (Wildman–Crippen MR) is 133 cm³/mol. The monoisotopic (exact) mass is 493 g/mol. The van der Waals surface area contributed by atoms with Crippen molar-refractivity contribution in [1.29, 1.82) is 0 Å². The lowest BCUT2D eigenvalue weighted by molar-refractivity contribution is -0.146. The SMILES string of the molecule is COC(=O)C1CC(C(=O)NCc2ccc(OC)cc2)N(C(=O)Nc2ccccc2)C1c1cccs1. The molecule has 2 heterocycles. The molecule has 1 aliphatic heterocycles. The number of amides is 3. The van der Waals surface area contributed by atoms with Crippen LogP contribution in [0.4, 0.5) is 10.5 Å². The highest BCUT2D eigenvalue weighted by Crippen LogP contribution is 2.43. The summed E-state index contributed by atoms with van der Waals surface area (Å²) in [5, 5.41) is 7.67. The molecule has 2 aromatic carbocycles. The van der Waals surface area contributed by atoms with Crippen LogP contribution in [0.25, 0.3) is 0 Å². The molecule has 4 rings (SSSR count). The maximum absolute atomic E-state index is 13.5. The smallest absolute Gasteiger partial charge is 0.323 e. The normalized spacial score (nSPS) is 19.1. The molecule has 8 nitrogen and oxygen atoms in total. The summed E-state index contributed by atoms with van der Waals surface area (Å²) in [5.41, 5.74) is 1.48. The van der Waals surface area contributed by atoms with Crippen LogP contribution in [0.3, 0.4) is 0 Å². The molecule has 1 fully saturated rings. The summed E-state index contributed by atoms with van der Waals surface area (Å²) in [4.78, 5) is 41.9. The third kappa shape index (κ3) is 5.46. The van der Waals surface area contributed by atoms with E-state index in [2.05, 4.69) is 10.6 Å². The first kappa shape index (κ1) is 24.3. The van der Waals surface area contributed by atoms with Crippen LogP contribution in [-0.2, 0) is 20.9 Å². The number of likely N-dealkylation sites (tertiary alicyclic amines) is 1. The van der Waals surface area contributed by atoms with Gasteiger partial charge in [-0.3, -0.25) is 9.59 Å². The van der Waals surface area contributed by atoms with Gasteiger partial charge in [-0.1, -0.05) is 36.4 Å². The summed E-state index contributed by atoms with van der Waals surface area (Å²) in [6, 6.07) is 18.2. The molecule has 35 heavy (non-hydrogen) atoms. The van der Waals surface area contributed by atoms with Gasteiger partial charge in [0.1, 0.15) is 11.8 Å². The van der Waals surface area contributed by atoms with E-state index in [1.165, 1.54) is 23.3 Å². The van der Waals surface area contributed by atoms with Crippen molar-refractivity contribution in [3.05, 3.63) is 82.6 Å². The number of rotatable bonds is 7. The molecule has 0 radical (unpaired) electrons. The zero-order valence-corrected chi connectivity index (χ0v) is 20.3. The Morgan fingerprint density at radius 1 is 1.00 bits per heavy atom. The van der Waals surface area contributed by atoms with Crippen LogP contribution in [0.2, 0.25) is 0 Å². The molecule has 182 valence electrons. The Balaban J connectivity index is 1.60. The van der Waals surface area contributed by atoms with Crippen LogP contribution in [0.1, 0.15) is 22.9 Å². The van der Waals surface area contributed by atoms with Crippen LogP contribution in [0.5, 0.6) is 5.75 Å². The number of methoxy groups -OCH3 is 2. The molecular formula is C26H27N3O5S. The summed E-state index contributed by atoms with van der Waals surface area (Å²) < 4.78 is 10.2. The van der Waals surface area contributed by atoms with E-state index in [1.807, 2.05) is 60.0 Å². The molecule has 0 bridgehead atoms. The number of hydrogen-bond acceptors (Lipinski definition) is 6. The average Bonchev–Trinajstić information content (AvgIpc) is 3.56. The molecule has 0 saturated carbocycles. The second-order valence-corrected chi connectivity index (χ2v) is 9.09. The van der Waals surface area contributed by atoms with Crippen molar-refractivity contribution in [2.24, 2.45) is 5.92 Å². The standard InChI is InChI=1S/C26H27N3O5S/c1-33-19-12-10-17(11-13-19)16-27-24(30)21-15-20(25(31)34-2)23(22-9-6-14-35-22)29(21)26(32)28-18-7-4-3-5-8-18/h3-14,20-21,23H,15-16H2,1-2H3,(H,27,30)(H,28,32). The van der Waals surface area contributed by atoms with Gasteiger partial charge in [-0.2, -0.15) is 0 Å². The van der Waals surface area contributed by atoms with E-state index in [9.17, 15) is 14.4 Å². The topological polar surface area (TPSA) is 97.0 Å². The van der Waals surface area contributed by atoms with E-state index >= 15 is 0 Å². The maximum Gasteiger partial charge on any atom is 0.323 e. The van der Waals surface area contributed by atoms with E-state index in [0.29, 0.717) is 5.69 Å². The zero-order valence-electron chi connectivity index (χ0n) is 19.5. The highest BCUT2D eigenvalue weighted by molar-refractivity contribution is 7.10.